The van der Waals surface area contributed by atoms with Crippen LogP contribution in [0.5, 0.6) is 0 Å². The predicted molar refractivity (Wildman–Crippen MR) is 99.9 cm³/mol. The molecule has 1 aromatic carbocycles. The number of H-pyrrole nitrogens is 1. The van der Waals surface area contributed by atoms with E-state index < -0.39 is 17.6 Å². The van der Waals surface area contributed by atoms with Crippen molar-refractivity contribution in [3.8, 4) is 0 Å². The highest BCUT2D eigenvalue weighted by molar-refractivity contribution is 6.32. The number of nitrogens with one attached hydrogen (secondary N) is 1. The van der Waals surface area contributed by atoms with Crippen LogP contribution in [0.15, 0.2) is 32.4 Å². The molecule has 0 fully saturated rings. The molecule has 29 heavy (non-hydrogen) atoms. The van der Waals surface area contributed by atoms with Crippen LogP contribution in [0.1, 0.15) is 28.2 Å². The molecule has 2 aromatic heterocycles. The van der Waals surface area contributed by atoms with Crippen molar-refractivity contribution in [3.63, 3.8) is 0 Å². The Balaban J connectivity index is 1.63. The minimum absolute atomic E-state index is 0.0853. The maximum absolute atomic E-state index is 12.8. The van der Waals surface area contributed by atoms with Gasteiger partial charge in [-0.3, -0.25) is 14.5 Å². The average molecular weight is 426 g/mol. The maximum atomic E-state index is 12.8. The molecule has 0 atom stereocenters. The van der Waals surface area contributed by atoms with Gasteiger partial charge in [-0.05, 0) is 24.6 Å². The second-order valence-corrected chi connectivity index (χ2v) is 7.39. The monoisotopic (exact) mass is 425 g/mol. The molecule has 0 aliphatic carbocycles. The Bertz CT molecular complexity index is 1230. The summed E-state index contributed by atoms with van der Waals surface area (Å²) in [6.45, 7) is 2.43. The minimum Gasteiger partial charge on any atom is -0.464 e. The van der Waals surface area contributed by atoms with Crippen molar-refractivity contribution in [2.75, 3.05) is 6.54 Å². The van der Waals surface area contributed by atoms with Crippen LogP contribution >= 0.6 is 11.6 Å². The van der Waals surface area contributed by atoms with Crippen LogP contribution in [0.4, 0.5) is 13.2 Å². The lowest BCUT2D eigenvalue weighted by Gasteiger charge is -2.27. The number of aromatic amines is 1. The van der Waals surface area contributed by atoms with E-state index in [9.17, 15) is 22.8 Å². The lowest BCUT2D eigenvalue weighted by molar-refractivity contribution is -0.145. The Morgan fingerprint density at radius 2 is 2.07 bits per heavy atom. The third kappa shape index (κ3) is 3.67. The van der Waals surface area contributed by atoms with Gasteiger partial charge in [0.15, 0.2) is 5.43 Å². The van der Waals surface area contributed by atoms with Gasteiger partial charge in [-0.15, -0.1) is 0 Å². The van der Waals surface area contributed by atoms with E-state index in [1.807, 2.05) is 0 Å². The summed E-state index contributed by atoms with van der Waals surface area (Å²) in [6, 6.07) is 3.24. The van der Waals surface area contributed by atoms with E-state index in [0.717, 1.165) is 5.56 Å². The molecular weight excluding hydrogens is 411 g/mol. The molecule has 10 heteroatoms. The number of alkyl halides is 3. The van der Waals surface area contributed by atoms with Crippen molar-refractivity contribution in [2.45, 2.75) is 32.6 Å². The molecule has 0 amide bonds. The summed E-state index contributed by atoms with van der Waals surface area (Å²) in [4.78, 5) is 32.1. The number of fused-ring (bicyclic) bond motifs is 2. The Morgan fingerprint density at radius 3 is 2.79 bits per heavy atom. The highest BCUT2D eigenvalue weighted by Crippen LogP contribution is 2.27. The first-order chi connectivity index (χ1) is 13.6. The van der Waals surface area contributed by atoms with Gasteiger partial charge in [0.2, 0.25) is 5.82 Å². The maximum Gasteiger partial charge on any atom is 0.449 e. The zero-order chi connectivity index (χ0) is 20.9. The van der Waals surface area contributed by atoms with Crippen LogP contribution in [0.2, 0.25) is 5.02 Å². The fraction of sp³-hybridized carbons (Fsp3) is 0.316. The number of nitrogens with zero attached hydrogens (tertiary/aromatic N) is 2. The smallest absolute Gasteiger partial charge is 0.449 e. The number of aromatic nitrogens is 2. The topological polar surface area (TPSA) is 79.2 Å². The zero-order valence-electron chi connectivity index (χ0n) is 15.2. The van der Waals surface area contributed by atoms with E-state index in [1.54, 1.807) is 28.9 Å². The molecule has 1 N–H and O–H groups in total. The zero-order valence-corrected chi connectivity index (χ0v) is 15.9. The molecule has 0 saturated carbocycles. The first kappa shape index (κ1) is 19.7. The molecule has 3 aromatic rings. The molecule has 4 rings (SSSR count). The number of rotatable bonds is 2. The van der Waals surface area contributed by atoms with Crippen LogP contribution in [-0.4, -0.2) is 21.4 Å². The molecule has 6 nitrogen and oxygen atoms in total. The third-order valence-electron chi connectivity index (χ3n) is 4.94. The number of hydrogen-bond acceptors (Lipinski definition) is 5. The Hall–Kier alpha value is -2.65. The highest BCUT2D eigenvalue weighted by Gasteiger charge is 2.36. The molecule has 1 aliphatic heterocycles. The molecule has 0 bridgehead atoms. The summed E-state index contributed by atoms with van der Waals surface area (Å²) in [5, 5.41) is 0.803. The van der Waals surface area contributed by atoms with Crippen LogP contribution < -0.4 is 11.0 Å². The number of halogens is 4. The Morgan fingerprint density at radius 1 is 1.31 bits per heavy atom. The van der Waals surface area contributed by atoms with Gasteiger partial charge in [0.1, 0.15) is 5.58 Å². The van der Waals surface area contributed by atoms with Gasteiger partial charge in [-0.1, -0.05) is 11.6 Å². The van der Waals surface area contributed by atoms with Crippen molar-refractivity contribution in [1.82, 2.24) is 14.9 Å². The van der Waals surface area contributed by atoms with Gasteiger partial charge < -0.3 is 9.40 Å². The van der Waals surface area contributed by atoms with Crippen LogP contribution in [0, 0.1) is 6.92 Å². The standard InChI is InChI=1S/C19H15ClF3N3O3/c1-9-4-15-11(5-13(9)20)16(27)10(8-29-15)6-26-3-2-14-12(7-26)17(28)25-18(24-14)19(21,22)23/h4-5,8H,2-3,6-7H2,1H3,(H,24,25,28). The molecule has 0 radical (unpaired) electrons. The van der Waals surface area contributed by atoms with Gasteiger partial charge in [-0.2, -0.15) is 13.2 Å². The first-order valence-corrected chi connectivity index (χ1v) is 9.13. The van der Waals surface area contributed by atoms with Crippen molar-refractivity contribution in [1.29, 1.82) is 0 Å². The molecule has 3 heterocycles. The lowest BCUT2D eigenvalue weighted by atomic mass is 10.1. The van der Waals surface area contributed by atoms with Crippen molar-refractivity contribution in [3.05, 3.63) is 72.2 Å². The van der Waals surface area contributed by atoms with Crippen LogP contribution in [0.3, 0.4) is 0 Å². The highest BCUT2D eigenvalue weighted by atomic mass is 35.5. The summed E-state index contributed by atoms with van der Waals surface area (Å²) in [5.41, 5.74) is 0.825. The predicted octanol–water partition coefficient (Wildman–Crippen LogP) is 3.42. The fourth-order valence-corrected chi connectivity index (χ4v) is 3.55. The second-order valence-electron chi connectivity index (χ2n) is 6.99. The number of aryl methyl sites for hydroxylation is 1. The van der Waals surface area contributed by atoms with E-state index >= 15 is 0 Å². The van der Waals surface area contributed by atoms with E-state index in [2.05, 4.69) is 4.98 Å². The van der Waals surface area contributed by atoms with Gasteiger partial charge >= 0.3 is 6.18 Å². The number of benzene rings is 1. The Labute approximate surface area is 166 Å². The van der Waals surface area contributed by atoms with Gasteiger partial charge in [0.05, 0.1) is 22.9 Å². The van der Waals surface area contributed by atoms with Crippen LogP contribution in [0.25, 0.3) is 11.0 Å². The largest absolute Gasteiger partial charge is 0.464 e. The summed E-state index contributed by atoms with van der Waals surface area (Å²) in [7, 11) is 0. The number of hydrogen-bond donors (Lipinski definition) is 1. The average Bonchev–Trinajstić information content (AvgIpc) is 2.65. The molecule has 152 valence electrons. The lowest BCUT2D eigenvalue weighted by Crippen LogP contribution is -2.37. The van der Waals surface area contributed by atoms with Crippen LogP contribution in [-0.2, 0) is 25.7 Å². The minimum atomic E-state index is -4.71. The SMILES string of the molecule is Cc1cc2occ(CN3CCc4nc(C(F)(F)F)[nH]c(=O)c4C3)c(=O)c2cc1Cl. The van der Waals surface area contributed by atoms with Gasteiger partial charge in [0.25, 0.3) is 5.56 Å². The first-order valence-electron chi connectivity index (χ1n) is 8.75. The molecule has 1 aliphatic rings. The van der Waals surface area contributed by atoms with Crippen molar-refractivity contribution < 1.29 is 17.6 Å². The van der Waals surface area contributed by atoms with Crippen molar-refractivity contribution in [2.24, 2.45) is 0 Å². The molecule has 0 unspecified atom stereocenters. The molecule has 0 spiro atoms. The molecule has 0 saturated heterocycles. The summed E-state index contributed by atoms with van der Waals surface area (Å²) >= 11 is 6.11. The molecular formula is C19H15ClF3N3O3. The Kier molecular flexibility index (Phi) is 4.74. The normalized spacial score (nSPS) is 14.9. The summed E-state index contributed by atoms with van der Waals surface area (Å²) in [5.74, 6) is -1.29. The van der Waals surface area contributed by atoms with E-state index in [4.69, 9.17) is 16.0 Å². The van der Waals surface area contributed by atoms with E-state index in [0.29, 0.717) is 28.1 Å². The summed E-state index contributed by atoms with van der Waals surface area (Å²) < 4.78 is 44.0. The summed E-state index contributed by atoms with van der Waals surface area (Å²) in [6.07, 6.45) is -3.18. The fourth-order valence-electron chi connectivity index (χ4n) is 3.39. The van der Waals surface area contributed by atoms with E-state index in [-0.39, 0.29) is 36.2 Å². The van der Waals surface area contributed by atoms with Gasteiger partial charge in [0, 0.05) is 36.6 Å². The second kappa shape index (κ2) is 7.00. The third-order valence-corrected chi connectivity index (χ3v) is 5.34. The van der Waals surface area contributed by atoms with Crippen molar-refractivity contribution >= 4 is 22.6 Å². The van der Waals surface area contributed by atoms with Gasteiger partial charge in [-0.25, -0.2) is 4.98 Å². The van der Waals surface area contributed by atoms with E-state index in [1.165, 1.54) is 6.26 Å². The quantitative estimate of drug-likeness (QED) is 0.680.